The maximum absolute atomic E-state index is 13.8. The first-order chi connectivity index (χ1) is 15.9. The van der Waals surface area contributed by atoms with E-state index in [1.807, 2.05) is 20.8 Å². The highest BCUT2D eigenvalue weighted by Crippen LogP contribution is 2.30. The molecule has 3 amide bonds. The summed E-state index contributed by atoms with van der Waals surface area (Å²) in [5, 5.41) is 16.2. The number of carbonyl (C=O) groups is 3. The SMILES string of the molecule is CCCCCNC(=O)C(c1ccccc1O)N(CCC)C(=O)C(NC(=O)OC(C)(C)C)C(C)C. The van der Waals surface area contributed by atoms with E-state index in [1.165, 1.54) is 11.0 Å². The van der Waals surface area contributed by atoms with Crippen LogP contribution < -0.4 is 10.6 Å². The van der Waals surface area contributed by atoms with Crippen LogP contribution in [0.15, 0.2) is 24.3 Å². The molecule has 3 N–H and O–H groups in total. The molecule has 0 aliphatic rings. The normalized spacial score (nSPS) is 13.2. The predicted octanol–water partition coefficient (Wildman–Crippen LogP) is 4.53. The van der Waals surface area contributed by atoms with Crippen LogP contribution in [0.25, 0.3) is 0 Å². The molecule has 8 nitrogen and oxygen atoms in total. The Morgan fingerprint density at radius 1 is 1.06 bits per heavy atom. The van der Waals surface area contributed by atoms with Crippen LogP contribution in [0.3, 0.4) is 0 Å². The number of nitrogens with one attached hydrogen (secondary N) is 2. The number of alkyl carbamates (subject to hydrolysis) is 1. The molecule has 0 aromatic heterocycles. The van der Waals surface area contributed by atoms with E-state index in [0.29, 0.717) is 18.5 Å². The molecule has 2 atom stereocenters. The van der Waals surface area contributed by atoms with Gasteiger partial charge in [0.25, 0.3) is 0 Å². The Kier molecular flexibility index (Phi) is 11.9. The number of phenols is 1. The summed E-state index contributed by atoms with van der Waals surface area (Å²) in [6.07, 6.45) is 2.72. The van der Waals surface area contributed by atoms with Gasteiger partial charge in [-0.3, -0.25) is 9.59 Å². The number of phenolic OH excluding ortho intramolecular Hbond substituents is 1. The van der Waals surface area contributed by atoms with E-state index < -0.39 is 29.7 Å². The lowest BCUT2D eigenvalue weighted by Gasteiger charge is -2.35. The third-order valence-corrected chi connectivity index (χ3v) is 5.22. The van der Waals surface area contributed by atoms with Gasteiger partial charge in [0.15, 0.2) is 0 Å². The van der Waals surface area contributed by atoms with E-state index in [-0.39, 0.29) is 24.1 Å². The van der Waals surface area contributed by atoms with Gasteiger partial charge in [0.1, 0.15) is 23.4 Å². The van der Waals surface area contributed by atoms with Crippen molar-refractivity contribution in [2.24, 2.45) is 5.92 Å². The molecule has 192 valence electrons. The van der Waals surface area contributed by atoms with Gasteiger partial charge in [-0.2, -0.15) is 0 Å². The summed E-state index contributed by atoms with van der Waals surface area (Å²) >= 11 is 0. The summed E-state index contributed by atoms with van der Waals surface area (Å²) in [5.74, 6) is -1.08. The fourth-order valence-electron chi connectivity index (χ4n) is 3.59. The lowest BCUT2D eigenvalue weighted by molar-refractivity contribution is -0.143. The topological polar surface area (TPSA) is 108 Å². The minimum atomic E-state index is -1.03. The van der Waals surface area contributed by atoms with E-state index in [4.69, 9.17) is 4.74 Å². The standard InChI is InChI=1S/C26H43N3O5/c1-8-10-13-16-27-23(31)22(19-14-11-12-15-20(19)30)29(17-9-2)24(32)21(18(3)4)28-25(33)34-26(5,6)7/h11-12,14-15,18,21-22,30H,8-10,13,16-17H2,1-7H3,(H,27,31)(H,28,33). The molecular weight excluding hydrogens is 434 g/mol. The van der Waals surface area contributed by atoms with Gasteiger partial charge in [-0.15, -0.1) is 0 Å². The highest BCUT2D eigenvalue weighted by atomic mass is 16.6. The largest absolute Gasteiger partial charge is 0.508 e. The van der Waals surface area contributed by atoms with Gasteiger partial charge in [-0.1, -0.05) is 58.7 Å². The van der Waals surface area contributed by atoms with Gasteiger partial charge in [0, 0.05) is 18.7 Å². The maximum Gasteiger partial charge on any atom is 0.408 e. The summed E-state index contributed by atoms with van der Waals surface area (Å²) in [7, 11) is 0. The van der Waals surface area contributed by atoms with Crippen LogP contribution in [0.5, 0.6) is 5.75 Å². The molecule has 0 bridgehead atoms. The zero-order valence-electron chi connectivity index (χ0n) is 21.8. The number of unbranched alkanes of at least 4 members (excludes halogenated alkanes) is 2. The van der Waals surface area contributed by atoms with Crippen LogP contribution in [0.4, 0.5) is 4.79 Å². The second kappa shape index (κ2) is 13.8. The third-order valence-electron chi connectivity index (χ3n) is 5.22. The number of nitrogens with zero attached hydrogens (tertiary/aromatic N) is 1. The number of hydrogen-bond donors (Lipinski definition) is 3. The summed E-state index contributed by atoms with van der Waals surface area (Å²) < 4.78 is 5.36. The molecule has 0 saturated heterocycles. The molecule has 0 aliphatic heterocycles. The molecule has 0 heterocycles. The smallest absolute Gasteiger partial charge is 0.408 e. The van der Waals surface area contributed by atoms with Crippen molar-refractivity contribution in [3.05, 3.63) is 29.8 Å². The third kappa shape index (κ3) is 9.23. The first kappa shape index (κ1) is 29.3. The summed E-state index contributed by atoms with van der Waals surface area (Å²) in [5.41, 5.74) is -0.369. The van der Waals surface area contributed by atoms with Gasteiger partial charge < -0.3 is 25.4 Å². The van der Waals surface area contributed by atoms with E-state index in [1.54, 1.807) is 39.0 Å². The Labute approximate surface area is 204 Å². The van der Waals surface area contributed by atoms with Crippen LogP contribution in [-0.4, -0.2) is 52.6 Å². The Hall–Kier alpha value is -2.77. The molecule has 0 radical (unpaired) electrons. The number of benzene rings is 1. The van der Waals surface area contributed by atoms with Gasteiger partial charge >= 0.3 is 6.09 Å². The van der Waals surface area contributed by atoms with Crippen molar-refractivity contribution in [2.75, 3.05) is 13.1 Å². The molecule has 1 rings (SSSR count). The van der Waals surface area contributed by atoms with Crippen molar-refractivity contribution in [3.63, 3.8) is 0 Å². The number of aromatic hydroxyl groups is 1. The van der Waals surface area contributed by atoms with Gasteiger partial charge in [0.05, 0.1) is 0 Å². The fraction of sp³-hybridized carbons (Fsp3) is 0.654. The number of ether oxygens (including phenoxy) is 1. The van der Waals surface area contributed by atoms with E-state index in [2.05, 4.69) is 17.6 Å². The monoisotopic (exact) mass is 477 g/mol. The number of hydrogen-bond acceptors (Lipinski definition) is 5. The summed E-state index contributed by atoms with van der Waals surface area (Å²) in [6.45, 7) is 13.6. The fourth-order valence-corrected chi connectivity index (χ4v) is 3.59. The Morgan fingerprint density at radius 2 is 1.71 bits per heavy atom. The molecule has 8 heteroatoms. The Morgan fingerprint density at radius 3 is 2.24 bits per heavy atom. The van der Waals surface area contributed by atoms with E-state index >= 15 is 0 Å². The Balaban J connectivity index is 3.33. The predicted molar refractivity (Wildman–Crippen MR) is 133 cm³/mol. The van der Waals surface area contributed by atoms with Crippen molar-refractivity contribution in [1.82, 2.24) is 15.5 Å². The summed E-state index contributed by atoms with van der Waals surface area (Å²) in [4.78, 5) is 41.0. The number of carbonyl (C=O) groups excluding carboxylic acids is 3. The minimum absolute atomic E-state index is 0.0636. The van der Waals surface area contributed by atoms with Crippen LogP contribution in [0, 0.1) is 5.92 Å². The molecule has 0 fully saturated rings. The minimum Gasteiger partial charge on any atom is -0.508 e. The van der Waals surface area contributed by atoms with Gasteiger partial charge in [0.2, 0.25) is 11.8 Å². The number of para-hydroxylation sites is 1. The molecule has 1 aromatic carbocycles. The van der Waals surface area contributed by atoms with E-state index in [9.17, 15) is 19.5 Å². The van der Waals surface area contributed by atoms with Crippen LogP contribution >= 0.6 is 0 Å². The second-order valence-electron chi connectivity index (χ2n) is 9.86. The number of rotatable bonds is 12. The number of amides is 3. The zero-order valence-corrected chi connectivity index (χ0v) is 21.8. The zero-order chi connectivity index (χ0) is 25.9. The van der Waals surface area contributed by atoms with Crippen molar-refractivity contribution in [3.8, 4) is 5.75 Å². The van der Waals surface area contributed by atoms with Crippen molar-refractivity contribution in [2.45, 2.75) is 91.8 Å². The van der Waals surface area contributed by atoms with Gasteiger partial charge in [-0.25, -0.2) is 4.79 Å². The average Bonchev–Trinajstić information content (AvgIpc) is 2.74. The quantitative estimate of drug-likeness (QED) is 0.383. The van der Waals surface area contributed by atoms with Gasteiger partial charge in [-0.05, 0) is 45.6 Å². The van der Waals surface area contributed by atoms with Crippen LogP contribution in [0.1, 0.15) is 85.8 Å². The highest BCUT2D eigenvalue weighted by molar-refractivity contribution is 5.92. The lowest BCUT2D eigenvalue weighted by atomic mass is 9.98. The average molecular weight is 478 g/mol. The molecule has 34 heavy (non-hydrogen) atoms. The first-order valence-electron chi connectivity index (χ1n) is 12.3. The van der Waals surface area contributed by atoms with Crippen LogP contribution in [-0.2, 0) is 14.3 Å². The molecular formula is C26H43N3O5. The van der Waals surface area contributed by atoms with E-state index in [0.717, 1.165) is 19.3 Å². The molecule has 0 saturated carbocycles. The molecule has 2 unspecified atom stereocenters. The molecule has 0 spiro atoms. The lowest BCUT2D eigenvalue weighted by Crippen LogP contribution is -2.55. The Bertz CT molecular complexity index is 804. The van der Waals surface area contributed by atoms with Crippen LogP contribution in [0.2, 0.25) is 0 Å². The first-order valence-corrected chi connectivity index (χ1v) is 12.3. The molecule has 1 aromatic rings. The highest BCUT2D eigenvalue weighted by Gasteiger charge is 2.38. The van der Waals surface area contributed by atoms with Crippen molar-refractivity contribution >= 4 is 17.9 Å². The molecule has 0 aliphatic carbocycles. The maximum atomic E-state index is 13.8. The van der Waals surface area contributed by atoms with Crippen molar-refractivity contribution in [1.29, 1.82) is 0 Å². The van der Waals surface area contributed by atoms with Crippen molar-refractivity contribution < 1.29 is 24.2 Å². The second-order valence-corrected chi connectivity index (χ2v) is 9.86. The summed E-state index contributed by atoms with van der Waals surface area (Å²) in [6, 6.07) is 4.61.